The molecule has 1 N–H and O–H groups in total. The monoisotopic (exact) mass is 358 g/mol. The zero-order valence-electron chi connectivity index (χ0n) is 15.2. The van der Waals surface area contributed by atoms with Crippen LogP contribution in [0, 0.1) is 13.8 Å². The maximum absolute atomic E-state index is 12.7. The summed E-state index contributed by atoms with van der Waals surface area (Å²) in [6.07, 6.45) is 2.89. The third-order valence-electron chi connectivity index (χ3n) is 4.80. The van der Waals surface area contributed by atoms with Gasteiger partial charge in [0.15, 0.2) is 5.13 Å². The lowest BCUT2D eigenvalue weighted by molar-refractivity contribution is -0.120. The molecule has 0 spiro atoms. The molecule has 0 radical (unpaired) electrons. The number of aryl methyl sites for hydroxylation is 2. The number of anilines is 2. The Labute approximate surface area is 153 Å². The lowest BCUT2D eigenvalue weighted by Crippen LogP contribution is -2.44. The molecule has 1 aromatic heterocycles. The highest BCUT2D eigenvalue weighted by atomic mass is 32.1. The summed E-state index contributed by atoms with van der Waals surface area (Å²) in [5.74, 6) is 0.0661. The second kappa shape index (κ2) is 7.97. The van der Waals surface area contributed by atoms with Crippen LogP contribution >= 0.6 is 11.3 Å². The first-order valence-electron chi connectivity index (χ1n) is 8.81. The lowest BCUT2D eigenvalue weighted by atomic mass is 10.1. The zero-order chi connectivity index (χ0) is 17.8. The van der Waals surface area contributed by atoms with E-state index in [1.54, 1.807) is 11.3 Å². The summed E-state index contributed by atoms with van der Waals surface area (Å²) in [5.41, 5.74) is 3.16. The van der Waals surface area contributed by atoms with Gasteiger partial charge in [-0.3, -0.25) is 9.69 Å². The number of nitrogens with one attached hydrogen (secondary N) is 1. The number of benzene rings is 1. The number of thiazole rings is 1. The highest BCUT2D eigenvalue weighted by molar-refractivity contribution is 7.13. The summed E-state index contributed by atoms with van der Waals surface area (Å²) in [5, 5.41) is 6.19. The van der Waals surface area contributed by atoms with Gasteiger partial charge in [0, 0.05) is 43.4 Å². The van der Waals surface area contributed by atoms with Crippen molar-refractivity contribution in [3.8, 4) is 0 Å². The van der Waals surface area contributed by atoms with E-state index in [1.807, 2.05) is 44.5 Å². The van der Waals surface area contributed by atoms with Crippen LogP contribution in [0.2, 0.25) is 0 Å². The van der Waals surface area contributed by atoms with Crippen LogP contribution in [0.1, 0.15) is 24.5 Å². The molecule has 5 nitrogen and oxygen atoms in total. The van der Waals surface area contributed by atoms with Gasteiger partial charge in [-0.15, -0.1) is 11.3 Å². The standard InChI is InChI=1S/C19H26N4OS/c1-14-5-6-15(2)17(13-14)21-18(24)16(3)22-8-4-9-23(11-10-22)19-20-7-12-25-19/h5-7,12-13,16H,4,8-11H2,1-3H3,(H,21,24)/t16-/m0/s1. The minimum absolute atomic E-state index is 0.0661. The topological polar surface area (TPSA) is 48.5 Å². The number of nitrogens with zero attached hydrogens (tertiary/aromatic N) is 3. The molecule has 6 heteroatoms. The Morgan fingerprint density at radius 3 is 2.84 bits per heavy atom. The molecule has 2 aromatic rings. The Morgan fingerprint density at radius 1 is 1.24 bits per heavy atom. The first kappa shape index (κ1) is 17.9. The van der Waals surface area contributed by atoms with Gasteiger partial charge >= 0.3 is 0 Å². The molecule has 1 amide bonds. The van der Waals surface area contributed by atoms with Crippen molar-refractivity contribution in [3.05, 3.63) is 40.9 Å². The zero-order valence-corrected chi connectivity index (χ0v) is 16.0. The summed E-state index contributed by atoms with van der Waals surface area (Å²) in [6, 6.07) is 6.01. The number of rotatable bonds is 4. The van der Waals surface area contributed by atoms with E-state index in [0.717, 1.165) is 54.5 Å². The fourth-order valence-corrected chi connectivity index (χ4v) is 3.86. The van der Waals surface area contributed by atoms with E-state index >= 15 is 0 Å². The number of amides is 1. The number of hydrogen-bond donors (Lipinski definition) is 1. The Morgan fingerprint density at radius 2 is 2.08 bits per heavy atom. The molecule has 25 heavy (non-hydrogen) atoms. The smallest absolute Gasteiger partial charge is 0.241 e. The van der Waals surface area contributed by atoms with Gasteiger partial charge in [0.2, 0.25) is 5.91 Å². The molecule has 1 saturated heterocycles. The number of carbonyl (C=O) groups is 1. The van der Waals surface area contributed by atoms with E-state index in [4.69, 9.17) is 0 Å². The third kappa shape index (κ3) is 4.38. The van der Waals surface area contributed by atoms with Crippen molar-refractivity contribution in [2.45, 2.75) is 33.2 Å². The SMILES string of the molecule is Cc1ccc(C)c(NC(=O)[C@H](C)N2CCCN(c3nccs3)CC2)c1. The van der Waals surface area contributed by atoms with Crippen LogP contribution < -0.4 is 10.2 Å². The Balaban J connectivity index is 1.61. The van der Waals surface area contributed by atoms with Crippen LogP contribution in [0.3, 0.4) is 0 Å². The van der Waals surface area contributed by atoms with Gasteiger partial charge in [0.25, 0.3) is 0 Å². The van der Waals surface area contributed by atoms with Gasteiger partial charge in [-0.05, 0) is 44.4 Å². The van der Waals surface area contributed by atoms with Crippen LogP contribution in [-0.4, -0.2) is 48.0 Å². The maximum atomic E-state index is 12.7. The Hall–Kier alpha value is -1.92. The predicted octanol–water partition coefficient (Wildman–Crippen LogP) is 3.30. The van der Waals surface area contributed by atoms with Gasteiger partial charge in [-0.25, -0.2) is 4.98 Å². The Bertz CT molecular complexity index is 716. The second-order valence-electron chi connectivity index (χ2n) is 6.67. The fourth-order valence-electron chi connectivity index (χ4n) is 3.16. The molecule has 134 valence electrons. The summed E-state index contributed by atoms with van der Waals surface area (Å²) in [7, 11) is 0. The van der Waals surface area contributed by atoms with Crippen molar-refractivity contribution in [1.29, 1.82) is 0 Å². The molecule has 1 aliphatic rings. The van der Waals surface area contributed by atoms with Crippen LogP contribution in [0.4, 0.5) is 10.8 Å². The van der Waals surface area contributed by atoms with Crippen molar-refractivity contribution in [3.63, 3.8) is 0 Å². The molecule has 0 unspecified atom stereocenters. The molecular weight excluding hydrogens is 332 g/mol. The summed E-state index contributed by atoms with van der Waals surface area (Å²) < 4.78 is 0. The Kier molecular flexibility index (Phi) is 5.71. The summed E-state index contributed by atoms with van der Waals surface area (Å²) >= 11 is 1.68. The molecule has 1 aromatic carbocycles. The molecule has 3 rings (SSSR count). The van der Waals surface area contributed by atoms with Gasteiger partial charge in [0.1, 0.15) is 0 Å². The second-order valence-corrected chi connectivity index (χ2v) is 7.55. The van der Waals surface area contributed by atoms with Gasteiger partial charge in [0.05, 0.1) is 6.04 Å². The number of carbonyl (C=O) groups excluding carboxylic acids is 1. The van der Waals surface area contributed by atoms with Gasteiger partial charge < -0.3 is 10.2 Å². The van der Waals surface area contributed by atoms with E-state index in [1.165, 1.54) is 0 Å². The van der Waals surface area contributed by atoms with E-state index < -0.39 is 0 Å². The summed E-state index contributed by atoms with van der Waals surface area (Å²) in [6.45, 7) is 9.78. The quantitative estimate of drug-likeness (QED) is 0.911. The molecule has 1 aliphatic heterocycles. The average molecular weight is 359 g/mol. The third-order valence-corrected chi connectivity index (χ3v) is 5.63. The minimum Gasteiger partial charge on any atom is -0.347 e. The summed E-state index contributed by atoms with van der Waals surface area (Å²) in [4.78, 5) is 21.7. The normalized spacial score (nSPS) is 17.2. The van der Waals surface area contributed by atoms with Crippen molar-refractivity contribution in [2.75, 3.05) is 36.4 Å². The molecule has 1 fully saturated rings. The average Bonchev–Trinajstić information content (AvgIpc) is 3.02. The van der Waals surface area contributed by atoms with E-state index in [9.17, 15) is 4.79 Å². The van der Waals surface area contributed by atoms with Crippen LogP contribution in [0.5, 0.6) is 0 Å². The lowest BCUT2D eigenvalue weighted by Gasteiger charge is -2.27. The first-order valence-corrected chi connectivity index (χ1v) is 9.69. The van der Waals surface area contributed by atoms with Crippen LogP contribution in [-0.2, 0) is 4.79 Å². The molecule has 1 atom stereocenters. The minimum atomic E-state index is -0.142. The molecule has 2 heterocycles. The van der Waals surface area contributed by atoms with Crippen LogP contribution in [0.15, 0.2) is 29.8 Å². The van der Waals surface area contributed by atoms with Crippen LogP contribution in [0.25, 0.3) is 0 Å². The number of aromatic nitrogens is 1. The molecule has 0 aliphatic carbocycles. The van der Waals surface area contributed by atoms with Crippen molar-refractivity contribution >= 4 is 28.1 Å². The van der Waals surface area contributed by atoms with E-state index in [2.05, 4.69) is 26.2 Å². The predicted molar refractivity (Wildman–Crippen MR) is 105 cm³/mol. The van der Waals surface area contributed by atoms with E-state index in [-0.39, 0.29) is 11.9 Å². The highest BCUT2D eigenvalue weighted by Crippen LogP contribution is 2.21. The maximum Gasteiger partial charge on any atom is 0.241 e. The molecule has 0 saturated carbocycles. The fraction of sp³-hybridized carbons (Fsp3) is 0.474. The van der Waals surface area contributed by atoms with E-state index in [0.29, 0.717) is 0 Å². The number of hydrogen-bond acceptors (Lipinski definition) is 5. The molecule has 0 bridgehead atoms. The van der Waals surface area contributed by atoms with Crippen molar-refractivity contribution in [2.24, 2.45) is 0 Å². The highest BCUT2D eigenvalue weighted by Gasteiger charge is 2.25. The van der Waals surface area contributed by atoms with Crippen molar-refractivity contribution in [1.82, 2.24) is 9.88 Å². The van der Waals surface area contributed by atoms with Gasteiger partial charge in [-0.2, -0.15) is 0 Å². The van der Waals surface area contributed by atoms with Gasteiger partial charge in [-0.1, -0.05) is 12.1 Å². The first-order chi connectivity index (χ1) is 12.0. The molecular formula is C19H26N4OS. The van der Waals surface area contributed by atoms with Crippen molar-refractivity contribution < 1.29 is 4.79 Å². The largest absolute Gasteiger partial charge is 0.347 e.